The van der Waals surface area contributed by atoms with Crippen LogP contribution in [0.4, 0.5) is 16.3 Å². The van der Waals surface area contributed by atoms with Crippen molar-refractivity contribution in [3.05, 3.63) is 44.5 Å². The molecule has 0 radical (unpaired) electrons. The molecule has 5 rings (SSSR count). The zero-order valence-electron chi connectivity index (χ0n) is 23.5. The van der Waals surface area contributed by atoms with E-state index in [4.69, 9.17) is 15.2 Å². The zero-order valence-corrected chi connectivity index (χ0v) is 25.7. The molecule has 17 heteroatoms. The number of piperidine rings is 1. The van der Waals surface area contributed by atoms with E-state index >= 15 is 0 Å². The Morgan fingerprint density at radius 3 is 2.64 bits per heavy atom. The van der Waals surface area contributed by atoms with Gasteiger partial charge in [-0.05, 0) is 0 Å². The van der Waals surface area contributed by atoms with Crippen LogP contribution in [0.2, 0.25) is 0 Å². The number of aliphatic hydroxyl groups is 2. The van der Waals surface area contributed by atoms with Crippen molar-refractivity contribution in [3.8, 4) is 15.6 Å². The molecule has 3 aromatic rings. The van der Waals surface area contributed by atoms with E-state index in [1.807, 2.05) is 0 Å². The number of nitrogens with zero attached hydrogens (tertiary/aromatic N) is 6. The quantitative estimate of drug-likeness (QED) is 0.0660. The average molecular weight is 721 g/mol. The number of nitrogen functional groups attached to an aromatic ring is 1. The van der Waals surface area contributed by atoms with E-state index in [2.05, 4.69) is 30.1 Å². The van der Waals surface area contributed by atoms with Gasteiger partial charge in [0.2, 0.25) is 0 Å². The number of rotatable bonds is 7. The molecule has 0 aliphatic carbocycles. The SMILES string of the molecule is CCNC(=O)[C@H]1O[C@@H](n2cnc3c(N)nc([I-]C#CCC4CCN(C(=O)Oc5ccc([N+](=O)[O-])cc5)CC4)nc32)C(O)C1O. The summed E-state index contributed by atoms with van der Waals surface area (Å²) in [5.74, 6) is 3.36. The first kappa shape index (κ1) is 31.3. The Hall–Kier alpha value is -4.12. The number of aliphatic hydroxyl groups excluding tert-OH is 2. The Labute approximate surface area is 261 Å². The molecule has 1 aromatic carbocycles. The Kier molecular flexibility index (Phi) is 9.73. The number of non-ortho nitro benzene ring substituents is 1. The molecule has 44 heavy (non-hydrogen) atoms. The molecule has 0 spiro atoms. The summed E-state index contributed by atoms with van der Waals surface area (Å²) in [6.07, 6.45) is -2.17. The molecule has 2 amide bonds. The third-order valence-electron chi connectivity index (χ3n) is 7.26. The Morgan fingerprint density at radius 2 is 1.95 bits per heavy atom. The van der Waals surface area contributed by atoms with Crippen LogP contribution in [-0.4, -0.2) is 89.5 Å². The second kappa shape index (κ2) is 13.7. The molecular formula is C27H30IN8O8-. The standard InChI is InChI=1S/C27H30IN8O8/c1-2-30-24(39)21-19(37)20(38)25(44-21)35-14-31-18-22(29)32-26(33-23(18)35)28-11-3-4-15-9-12-34(13-10-15)27(40)43-17-7-5-16(6-8-17)36(41)42/h5-8,14-15,19-21,25,37-38H,2,4,9-10,12-13H2,1H3,(H,30,39)(H2,29,32,33)/q-1/t19?,20?,21-,25+/m0/s1. The molecule has 2 fully saturated rings. The number of fused-ring (bicyclic) bond motifs is 1. The Bertz CT molecular complexity index is 1600. The van der Waals surface area contributed by atoms with Crippen LogP contribution in [0.1, 0.15) is 32.4 Å². The number of halogens is 1. The minimum absolute atomic E-state index is 0.0804. The molecule has 0 saturated carbocycles. The molecule has 234 valence electrons. The van der Waals surface area contributed by atoms with Gasteiger partial charge in [-0.1, -0.05) is 0 Å². The number of aromatic nitrogens is 4. The molecule has 5 N–H and O–H groups in total. The van der Waals surface area contributed by atoms with Gasteiger partial charge >= 0.3 is 241 Å². The minimum atomic E-state index is -1.44. The van der Waals surface area contributed by atoms with Gasteiger partial charge in [0.1, 0.15) is 0 Å². The molecule has 2 aliphatic heterocycles. The molecule has 2 unspecified atom stereocenters. The molecule has 2 aliphatic rings. The number of ether oxygens (including phenoxy) is 2. The van der Waals surface area contributed by atoms with Gasteiger partial charge in [0.15, 0.2) is 0 Å². The van der Waals surface area contributed by atoms with Crippen LogP contribution in [0.3, 0.4) is 0 Å². The summed E-state index contributed by atoms with van der Waals surface area (Å²) < 4.78 is 16.1. The van der Waals surface area contributed by atoms with Crippen LogP contribution < -0.4 is 37.0 Å². The van der Waals surface area contributed by atoms with Gasteiger partial charge in [0, 0.05) is 0 Å². The number of nitrogens with two attached hydrogens (primary N) is 1. The number of nitro groups is 1. The average Bonchev–Trinajstić information content (AvgIpc) is 3.56. The maximum absolute atomic E-state index is 12.5. The molecular weight excluding hydrogens is 691 g/mol. The number of likely N-dealkylation sites (N-methyl/N-ethyl adjacent to an activating group) is 1. The van der Waals surface area contributed by atoms with Crippen LogP contribution in [-0.2, 0) is 9.53 Å². The zero-order chi connectivity index (χ0) is 31.4. The number of benzene rings is 1. The van der Waals surface area contributed by atoms with Gasteiger partial charge in [0.05, 0.1) is 4.92 Å². The number of nitro benzene ring substituents is 1. The van der Waals surface area contributed by atoms with Gasteiger partial charge < -0.3 is 0 Å². The molecule has 4 atom stereocenters. The molecule has 2 aromatic heterocycles. The number of nitrogens with one attached hydrogen (secondary N) is 1. The van der Waals surface area contributed by atoms with Crippen LogP contribution >= 0.6 is 0 Å². The van der Waals surface area contributed by atoms with Gasteiger partial charge in [-0.15, -0.1) is 0 Å². The predicted molar refractivity (Wildman–Crippen MR) is 149 cm³/mol. The summed E-state index contributed by atoms with van der Waals surface area (Å²) in [6, 6.07) is 5.35. The van der Waals surface area contributed by atoms with Crippen molar-refractivity contribution in [2.75, 3.05) is 25.4 Å². The van der Waals surface area contributed by atoms with E-state index < -0.39 is 62.7 Å². The van der Waals surface area contributed by atoms with E-state index in [1.54, 1.807) is 11.8 Å². The summed E-state index contributed by atoms with van der Waals surface area (Å²) in [5.41, 5.74) is 6.65. The number of carbonyl (C=O) groups excluding carboxylic acids is 2. The first-order chi connectivity index (χ1) is 21.2. The fraction of sp³-hybridized carbons (Fsp3) is 0.444. The number of anilines is 1. The summed E-state index contributed by atoms with van der Waals surface area (Å²) >= 11 is -0.949. The molecule has 16 nitrogen and oxygen atoms in total. The normalized spacial score (nSPS) is 22.0. The first-order valence-electron chi connectivity index (χ1n) is 13.8. The Morgan fingerprint density at radius 1 is 1.23 bits per heavy atom. The van der Waals surface area contributed by atoms with E-state index in [1.165, 1.54) is 35.2 Å². The van der Waals surface area contributed by atoms with Gasteiger partial charge in [0.25, 0.3) is 5.69 Å². The number of hydrogen-bond acceptors (Lipinski definition) is 12. The van der Waals surface area contributed by atoms with Gasteiger partial charge in [-0.3, -0.25) is 10.1 Å². The third-order valence-corrected chi connectivity index (χ3v) is 8.87. The third kappa shape index (κ3) is 6.83. The molecule has 0 bridgehead atoms. The van der Waals surface area contributed by atoms with E-state index in [-0.39, 0.29) is 17.3 Å². The fourth-order valence-corrected chi connectivity index (χ4v) is 6.28. The summed E-state index contributed by atoms with van der Waals surface area (Å²) in [6.45, 7) is 3.10. The maximum atomic E-state index is 12.5. The monoisotopic (exact) mass is 721 g/mol. The number of likely N-dealkylation sites (tertiary alicyclic amines) is 1. The van der Waals surface area contributed by atoms with E-state index in [9.17, 15) is 29.9 Å². The van der Waals surface area contributed by atoms with Crippen LogP contribution in [0.25, 0.3) is 11.2 Å². The molecule has 2 saturated heterocycles. The fourth-order valence-electron chi connectivity index (χ4n) is 4.90. The number of carbonyl (C=O) groups is 2. The van der Waals surface area contributed by atoms with Crippen molar-refractivity contribution >= 4 is 34.7 Å². The topological polar surface area (TPSA) is 221 Å². The second-order valence-electron chi connectivity index (χ2n) is 10.1. The van der Waals surface area contributed by atoms with Crippen molar-refractivity contribution in [1.29, 1.82) is 0 Å². The predicted octanol–water partition coefficient (Wildman–Crippen LogP) is -2.41. The van der Waals surface area contributed by atoms with Crippen molar-refractivity contribution in [1.82, 2.24) is 29.7 Å². The van der Waals surface area contributed by atoms with Gasteiger partial charge in [-0.25, -0.2) is 0 Å². The number of imidazole rings is 1. The van der Waals surface area contributed by atoms with Crippen LogP contribution in [0.15, 0.2) is 30.6 Å². The van der Waals surface area contributed by atoms with Crippen LogP contribution in [0, 0.1) is 29.7 Å². The van der Waals surface area contributed by atoms with Crippen LogP contribution in [0.5, 0.6) is 5.75 Å². The summed E-state index contributed by atoms with van der Waals surface area (Å²) in [7, 11) is 0. The summed E-state index contributed by atoms with van der Waals surface area (Å²) in [4.78, 5) is 49.8. The summed E-state index contributed by atoms with van der Waals surface area (Å²) in [5, 5.41) is 34.4. The Balaban J connectivity index is 1.15. The second-order valence-corrected chi connectivity index (χ2v) is 12.2. The number of amides is 2. The van der Waals surface area contributed by atoms with E-state index in [0.717, 1.165) is 12.8 Å². The van der Waals surface area contributed by atoms with Crippen molar-refractivity contribution in [2.45, 2.75) is 50.7 Å². The first-order valence-corrected chi connectivity index (χ1v) is 15.9. The van der Waals surface area contributed by atoms with Crippen molar-refractivity contribution in [3.63, 3.8) is 0 Å². The van der Waals surface area contributed by atoms with Crippen molar-refractivity contribution in [2.24, 2.45) is 5.92 Å². The molecule has 4 heterocycles. The van der Waals surface area contributed by atoms with E-state index in [0.29, 0.717) is 47.0 Å². The van der Waals surface area contributed by atoms with Gasteiger partial charge in [-0.2, -0.15) is 0 Å². The number of hydrogen-bond donors (Lipinski definition) is 4. The van der Waals surface area contributed by atoms with Crippen molar-refractivity contribution < 1.29 is 55.4 Å².